The van der Waals surface area contributed by atoms with Crippen LogP contribution in [0.3, 0.4) is 0 Å². The van der Waals surface area contributed by atoms with Gasteiger partial charge in [-0.25, -0.2) is 4.79 Å². The Morgan fingerprint density at radius 1 is 1.43 bits per heavy atom. The number of anilines is 1. The van der Waals surface area contributed by atoms with Crippen molar-refractivity contribution in [1.29, 1.82) is 0 Å². The minimum Gasteiger partial charge on any atom is -0.394 e. The number of carbonyl (C=O) groups is 1. The summed E-state index contributed by atoms with van der Waals surface area (Å²) in [5.74, 6) is 0. The summed E-state index contributed by atoms with van der Waals surface area (Å²) in [5, 5.41) is 21.4. The zero-order valence-electron chi connectivity index (χ0n) is 12.3. The lowest BCUT2D eigenvalue weighted by Crippen LogP contribution is -2.51. The molecule has 6 nitrogen and oxygen atoms in total. The van der Waals surface area contributed by atoms with Crippen LogP contribution in [0.4, 0.5) is 10.5 Å². The fraction of sp³-hybridized carbons (Fsp3) is 0.533. The largest absolute Gasteiger partial charge is 0.394 e. The molecule has 3 unspecified atom stereocenters. The summed E-state index contributed by atoms with van der Waals surface area (Å²) in [7, 11) is 0. The van der Waals surface area contributed by atoms with Crippen molar-refractivity contribution in [2.24, 2.45) is 0 Å². The minimum absolute atomic E-state index is 0.0979. The van der Waals surface area contributed by atoms with Gasteiger partial charge >= 0.3 is 6.03 Å². The predicted octanol–water partition coefficient (Wildman–Crippen LogP) is 1.35. The SMILES string of the molecule is CC1CN(C(=O)Nc2ccc(C(C)O)cc2)CC(CO)O1. The van der Waals surface area contributed by atoms with Gasteiger partial charge in [-0.1, -0.05) is 12.1 Å². The second kappa shape index (κ2) is 6.89. The van der Waals surface area contributed by atoms with Crippen LogP contribution < -0.4 is 5.32 Å². The molecule has 0 aromatic heterocycles. The highest BCUT2D eigenvalue weighted by atomic mass is 16.5. The Morgan fingerprint density at radius 3 is 2.67 bits per heavy atom. The first-order chi connectivity index (χ1) is 9.99. The van der Waals surface area contributed by atoms with Crippen LogP contribution in [0.1, 0.15) is 25.5 Å². The van der Waals surface area contributed by atoms with E-state index in [-0.39, 0.29) is 24.8 Å². The van der Waals surface area contributed by atoms with E-state index in [1.165, 1.54) is 0 Å². The molecule has 1 aliphatic heterocycles. The van der Waals surface area contributed by atoms with Gasteiger partial charge in [-0.05, 0) is 31.5 Å². The van der Waals surface area contributed by atoms with Crippen LogP contribution in [0.15, 0.2) is 24.3 Å². The molecule has 0 aliphatic carbocycles. The molecule has 0 radical (unpaired) electrons. The third-order valence-corrected chi connectivity index (χ3v) is 3.46. The smallest absolute Gasteiger partial charge is 0.322 e. The van der Waals surface area contributed by atoms with Crippen molar-refractivity contribution in [3.8, 4) is 0 Å². The first kappa shape index (κ1) is 15.8. The van der Waals surface area contributed by atoms with Gasteiger partial charge in [-0.2, -0.15) is 0 Å². The summed E-state index contributed by atoms with van der Waals surface area (Å²) in [6.45, 7) is 4.33. The lowest BCUT2D eigenvalue weighted by molar-refractivity contribution is -0.0822. The Hall–Kier alpha value is -1.63. The third kappa shape index (κ3) is 4.17. The van der Waals surface area contributed by atoms with Gasteiger partial charge in [0.25, 0.3) is 0 Å². The summed E-state index contributed by atoms with van der Waals surface area (Å²) >= 11 is 0. The van der Waals surface area contributed by atoms with Gasteiger partial charge in [0.15, 0.2) is 0 Å². The molecule has 1 saturated heterocycles. The molecule has 21 heavy (non-hydrogen) atoms. The van der Waals surface area contributed by atoms with E-state index in [2.05, 4.69) is 5.32 Å². The highest BCUT2D eigenvalue weighted by Gasteiger charge is 2.27. The Balaban J connectivity index is 1.97. The van der Waals surface area contributed by atoms with E-state index in [0.29, 0.717) is 18.8 Å². The van der Waals surface area contributed by atoms with E-state index in [1.54, 1.807) is 36.1 Å². The van der Waals surface area contributed by atoms with Crippen LogP contribution in [-0.2, 0) is 4.74 Å². The second-order valence-electron chi connectivity index (χ2n) is 5.38. The topological polar surface area (TPSA) is 82.0 Å². The average Bonchev–Trinajstić information content (AvgIpc) is 2.47. The lowest BCUT2D eigenvalue weighted by Gasteiger charge is -2.36. The maximum atomic E-state index is 12.2. The molecular formula is C15H22N2O4. The number of morpholine rings is 1. The Bertz CT molecular complexity index is 475. The number of hydrogen-bond donors (Lipinski definition) is 3. The minimum atomic E-state index is -0.528. The fourth-order valence-electron chi connectivity index (χ4n) is 2.36. The molecule has 116 valence electrons. The van der Waals surface area contributed by atoms with Gasteiger partial charge < -0.3 is 25.2 Å². The molecule has 0 bridgehead atoms. The van der Waals surface area contributed by atoms with Gasteiger partial charge in [0.2, 0.25) is 0 Å². The molecule has 3 N–H and O–H groups in total. The van der Waals surface area contributed by atoms with Crippen molar-refractivity contribution in [3.63, 3.8) is 0 Å². The highest BCUT2D eigenvalue weighted by molar-refractivity contribution is 5.89. The molecule has 1 fully saturated rings. The van der Waals surface area contributed by atoms with Gasteiger partial charge in [-0.15, -0.1) is 0 Å². The number of hydrogen-bond acceptors (Lipinski definition) is 4. The number of urea groups is 1. The molecule has 3 atom stereocenters. The summed E-state index contributed by atoms with van der Waals surface area (Å²) in [6, 6.07) is 6.85. The van der Waals surface area contributed by atoms with Gasteiger partial charge in [0.1, 0.15) is 0 Å². The van der Waals surface area contributed by atoms with Crippen LogP contribution in [0.2, 0.25) is 0 Å². The Labute approximate surface area is 124 Å². The van der Waals surface area contributed by atoms with E-state index in [1.807, 2.05) is 6.92 Å². The molecule has 0 spiro atoms. The van der Waals surface area contributed by atoms with E-state index >= 15 is 0 Å². The number of ether oxygens (including phenoxy) is 1. The van der Waals surface area contributed by atoms with Crippen molar-refractivity contribution in [2.45, 2.75) is 32.2 Å². The molecule has 6 heteroatoms. The van der Waals surface area contributed by atoms with Crippen LogP contribution in [-0.4, -0.2) is 53.0 Å². The van der Waals surface area contributed by atoms with Gasteiger partial charge in [-0.3, -0.25) is 0 Å². The number of amides is 2. The fourth-order valence-corrected chi connectivity index (χ4v) is 2.36. The summed E-state index contributed by atoms with van der Waals surface area (Å²) in [5.41, 5.74) is 1.47. The van der Waals surface area contributed by atoms with Crippen molar-refractivity contribution >= 4 is 11.7 Å². The molecule has 1 aromatic rings. The maximum Gasteiger partial charge on any atom is 0.322 e. The zero-order chi connectivity index (χ0) is 15.4. The summed E-state index contributed by atoms with van der Waals surface area (Å²) in [4.78, 5) is 13.9. The number of aliphatic hydroxyl groups is 2. The molecule has 1 heterocycles. The van der Waals surface area contributed by atoms with Crippen molar-refractivity contribution in [3.05, 3.63) is 29.8 Å². The van der Waals surface area contributed by atoms with Crippen molar-refractivity contribution in [2.75, 3.05) is 25.0 Å². The molecule has 2 amide bonds. The number of aliphatic hydroxyl groups excluding tert-OH is 2. The average molecular weight is 294 g/mol. The first-order valence-corrected chi connectivity index (χ1v) is 7.10. The molecular weight excluding hydrogens is 272 g/mol. The van der Waals surface area contributed by atoms with Crippen LogP contribution in [0, 0.1) is 0 Å². The first-order valence-electron chi connectivity index (χ1n) is 7.10. The van der Waals surface area contributed by atoms with Crippen LogP contribution >= 0.6 is 0 Å². The van der Waals surface area contributed by atoms with E-state index in [9.17, 15) is 15.0 Å². The van der Waals surface area contributed by atoms with Crippen molar-refractivity contribution in [1.82, 2.24) is 4.90 Å². The van der Waals surface area contributed by atoms with E-state index in [0.717, 1.165) is 5.56 Å². The quantitative estimate of drug-likeness (QED) is 0.786. The Kier molecular flexibility index (Phi) is 5.17. The predicted molar refractivity (Wildman–Crippen MR) is 79.1 cm³/mol. The van der Waals surface area contributed by atoms with Crippen LogP contribution in [0.5, 0.6) is 0 Å². The summed E-state index contributed by atoms with van der Waals surface area (Å²) < 4.78 is 5.51. The molecule has 1 aliphatic rings. The Morgan fingerprint density at radius 2 is 2.10 bits per heavy atom. The lowest BCUT2D eigenvalue weighted by atomic mass is 10.1. The molecule has 1 aromatic carbocycles. The molecule has 0 saturated carbocycles. The van der Waals surface area contributed by atoms with Crippen molar-refractivity contribution < 1.29 is 19.7 Å². The maximum absolute atomic E-state index is 12.2. The monoisotopic (exact) mass is 294 g/mol. The van der Waals surface area contributed by atoms with Gasteiger partial charge in [0.05, 0.1) is 31.5 Å². The standard InChI is InChI=1S/C15H22N2O4/c1-10-7-17(8-14(9-18)21-10)15(20)16-13-5-3-12(4-6-13)11(2)19/h3-6,10-11,14,18-19H,7-9H2,1-2H3,(H,16,20). The van der Waals surface area contributed by atoms with E-state index in [4.69, 9.17) is 4.74 Å². The molecule has 2 rings (SSSR count). The normalized spacial score (nSPS) is 23.7. The highest BCUT2D eigenvalue weighted by Crippen LogP contribution is 2.17. The summed E-state index contributed by atoms with van der Waals surface area (Å²) in [6.07, 6.45) is -0.962. The second-order valence-corrected chi connectivity index (χ2v) is 5.38. The number of rotatable bonds is 3. The number of nitrogens with zero attached hydrogens (tertiary/aromatic N) is 1. The third-order valence-electron chi connectivity index (χ3n) is 3.46. The number of carbonyl (C=O) groups excluding carboxylic acids is 1. The van der Waals surface area contributed by atoms with E-state index < -0.39 is 6.10 Å². The number of nitrogens with one attached hydrogen (secondary N) is 1. The zero-order valence-corrected chi connectivity index (χ0v) is 12.3. The van der Waals surface area contributed by atoms with Gasteiger partial charge in [0, 0.05) is 12.2 Å². The van der Waals surface area contributed by atoms with Crippen LogP contribution in [0.25, 0.3) is 0 Å². The number of benzene rings is 1.